The number of hydrogen-bond donors (Lipinski definition) is 2. The molecule has 128 valence electrons. The lowest BCUT2D eigenvalue weighted by molar-refractivity contribution is 0.285. The molecule has 0 aromatic heterocycles. The van der Waals surface area contributed by atoms with E-state index in [0.29, 0.717) is 37.2 Å². The molecule has 1 saturated carbocycles. The van der Waals surface area contributed by atoms with Gasteiger partial charge in [-0.05, 0) is 49.8 Å². The molecule has 0 heterocycles. The molecule has 23 heavy (non-hydrogen) atoms. The van der Waals surface area contributed by atoms with Crippen LogP contribution in [0.25, 0.3) is 0 Å². The molecule has 2 N–H and O–H groups in total. The number of nitrogens with zero attached hydrogens (tertiary/aromatic N) is 1. The summed E-state index contributed by atoms with van der Waals surface area (Å²) >= 11 is 0. The molecule has 1 fully saturated rings. The summed E-state index contributed by atoms with van der Waals surface area (Å²) in [7, 11) is 1.65. The third-order valence-electron chi connectivity index (χ3n) is 3.81. The summed E-state index contributed by atoms with van der Waals surface area (Å²) in [6, 6.07) is 4.87. The van der Waals surface area contributed by atoms with Crippen molar-refractivity contribution in [2.24, 2.45) is 10.9 Å². The average Bonchev–Trinajstić information content (AvgIpc) is 3.37. The van der Waals surface area contributed by atoms with Crippen molar-refractivity contribution in [3.63, 3.8) is 0 Å². The van der Waals surface area contributed by atoms with Gasteiger partial charge >= 0.3 is 0 Å². The van der Waals surface area contributed by atoms with Gasteiger partial charge in [-0.2, -0.15) is 0 Å². The van der Waals surface area contributed by atoms with Crippen molar-refractivity contribution in [3.8, 4) is 5.75 Å². The van der Waals surface area contributed by atoms with Crippen molar-refractivity contribution in [1.29, 1.82) is 0 Å². The number of nitrogens with one attached hydrogen (secondary N) is 2. The van der Waals surface area contributed by atoms with Crippen LogP contribution in [0.15, 0.2) is 23.2 Å². The van der Waals surface area contributed by atoms with E-state index >= 15 is 0 Å². The summed E-state index contributed by atoms with van der Waals surface area (Å²) < 4.78 is 31.7. The lowest BCUT2D eigenvalue weighted by Gasteiger charge is -2.18. The fraction of sp³-hybridized carbons (Fsp3) is 0.588. The van der Waals surface area contributed by atoms with E-state index in [1.807, 2.05) is 13.0 Å². The Balaban J connectivity index is 1.89. The average molecular weight is 325 g/mol. The first-order valence-electron chi connectivity index (χ1n) is 8.09. The zero-order valence-corrected chi connectivity index (χ0v) is 13.7. The molecule has 0 amide bonds. The zero-order chi connectivity index (χ0) is 16.7. The molecule has 1 aromatic carbocycles. The lowest BCUT2D eigenvalue weighted by atomic mass is 10.1. The van der Waals surface area contributed by atoms with Crippen LogP contribution in [0, 0.1) is 11.7 Å². The van der Waals surface area contributed by atoms with Crippen molar-refractivity contribution in [3.05, 3.63) is 29.6 Å². The highest BCUT2D eigenvalue weighted by Gasteiger charge is 2.22. The quantitative estimate of drug-likeness (QED) is 0.438. The number of hydrogen-bond acceptors (Lipinski definition) is 2. The van der Waals surface area contributed by atoms with Gasteiger partial charge in [0, 0.05) is 13.6 Å². The second-order valence-electron chi connectivity index (χ2n) is 5.85. The summed E-state index contributed by atoms with van der Waals surface area (Å²) in [4.78, 5) is 4.07. The van der Waals surface area contributed by atoms with E-state index < -0.39 is 0 Å². The molecule has 1 atom stereocenters. The summed E-state index contributed by atoms with van der Waals surface area (Å²) in [6.07, 6.45) is 2.78. The molecule has 1 aromatic rings. The Morgan fingerprint density at radius 3 is 2.83 bits per heavy atom. The SMILES string of the molecule is CN=C(NCCCF)NC(C)c1ccc(OCC2CC2)c(F)c1. The number of benzene rings is 1. The highest BCUT2D eigenvalue weighted by molar-refractivity contribution is 5.80. The third kappa shape index (κ3) is 5.69. The molecule has 1 unspecified atom stereocenters. The normalized spacial score (nSPS) is 16.1. The van der Waals surface area contributed by atoms with Gasteiger partial charge in [0.25, 0.3) is 0 Å². The zero-order valence-electron chi connectivity index (χ0n) is 13.7. The minimum atomic E-state index is -0.368. The monoisotopic (exact) mass is 325 g/mol. The van der Waals surface area contributed by atoms with Crippen LogP contribution < -0.4 is 15.4 Å². The Kier molecular flexibility index (Phi) is 6.62. The highest BCUT2D eigenvalue weighted by atomic mass is 19.1. The van der Waals surface area contributed by atoms with E-state index in [1.165, 1.54) is 18.9 Å². The smallest absolute Gasteiger partial charge is 0.191 e. The van der Waals surface area contributed by atoms with Crippen LogP contribution >= 0.6 is 0 Å². The maximum atomic E-state index is 14.1. The molecule has 0 saturated heterocycles. The molecular weight excluding hydrogens is 300 g/mol. The van der Waals surface area contributed by atoms with Crippen LogP contribution in [0.4, 0.5) is 8.78 Å². The first-order chi connectivity index (χ1) is 11.1. The predicted molar refractivity (Wildman–Crippen MR) is 88.1 cm³/mol. The van der Waals surface area contributed by atoms with Gasteiger partial charge in [-0.3, -0.25) is 9.38 Å². The summed E-state index contributed by atoms with van der Waals surface area (Å²) in [5.74, 6) is 1.12. The summed E-state index contributed by atoms with van der Waals surface area (Å²) in [5.41, 5.74) is 0.801. The minimum absolute atomic E-state index is 0.126. The molecule has 0 bridgehead atoms. The number of halogens is 2. The molecule has 1 aliphatic carbocycles. The van der Waals surface area contributed by atoms with Gasteiger partial charge in [-0.15, -0.1) is 0 Å². The Labute approximate surface area is 136 Å². The number of aliphatic imine (C=N–C) groups is 1. The highest BCUT2D eigenvalue weighted by Crippen LogP contribution is 2.30. The van der Waals surface area contributed by atoms with Crippen LogP contribution in [0.2, 0.25) is 0 Å². The van der Waals surface area contributed by atoms with Crippen molar-refractivity contribution in [1.82, 2.24) is 10.6 Å². The van der Waals surface area contributed by atoms with E-state index in [2.05, 4.69) is 15.6 Å². The molecule has 0 radical (unpaired) electrons. The number of rotatable bonds is 8. The second kappa shape index (κ2) is 8.70. The molecule has 1 aliphatic rings. The minimum Gasteiger partial charge on any atom is -0.490 e. The maximum absolute atomic E-state index is 14.1. The van der Waals surface area contributed by atoms with E-state index in [4.69, 9.17) is 4.74 Å². The van der Waals surface area contributed by atoms with Crippen LogP contribution in [-0.2, 0) is 0 Å². The summed E-state index contributed by atoms with van der Waals surface area (Å²) in [6.45, 7) is 2.65. The van der Waals surface area contributed by atoms with Crippen molar-refractivity contribution in [2.45, 2.75) is 32.2 Å². The predicted octanol–water partition coefficient (Wildman–Crippen LogP) is 3.20. The second-order valence-corrected chi connectivity index (χ2v) is 5.85. The lowest BCUT2D eigenvalue weighted by Crippen LogP contribution is -2.39. The van der Waals surface area contributed by atoms with E-state index in [0.717, 1.165) is 5.56 Å². The van der Waals surface area contributed by atoms with Crippen LogP contribution in [0.5, 0.6) is 5.75 Å². The topological polar surface area (TPSA) is 45.7 Å². The van der Waals surface area contributed by atoms with E-state index in [-0.39, 0.29) is 18.5 Å². The Morgan fingerprint density at radius 1 is 1.43 bits per heavy atom. The van der Waals surface area contributed by atoms with E-state index in [1.54, 1.807) is 13.1 Å². The van der Waals surface area contributed by atoms with Crippen molar-refractivity contribution < 1.29 is 13.5 Å². The van der Waals surface area contributed by atoms with Gasteiger partial charge < -0.3 is 15.4 Å². The number of alkyl halides is 1. The standard InChI is InChI=1S/C17H25F2N3O/c1-12(22-17(20-2)21-9-3-8-18)14-6-7-16(15(19)10-14)23-11-13-4-5-13/h6-7,10,12-13H,3-5,8-9,11H2,1-2H3,(H2,20,21,22). The largest absolute Gasteiger partial charge is 0.490 e. The molecular formula is C17H25F2N3O. The van der Waals surface area contributed by atoms with Gasteiger partial charge in [-0.25, -0.2) is 4.39 Å². The first kappa shape index (κ1) is 17.5. The third-order valence-corrected chi connectivity index (χ3v) is 3.81. The Bertz CT molecular complexity index is 533. The van der Waals surface area contributed by atoms with Crippen LogP contribution in [0.1, 0.15) is 37.8 Å². The molecule has 0 spiro atoms. The van der Waals surface area contributed by atoms with Gasteiger partial charge in [0.05, 0.1) is 19.3 Å². The molecule has 2 rings (SSSR count). The van der Waals surface area contributed by atoms with Gasteiger partial charge in [0.1, 0.15) is 0 Å². The van der Waals surface area contributed by atoms with Crippen LogP contribution in [-0.4, -0.2) is 32.8 Å². The Hall–Kier alpha value is -1.85. The van der Waals surface area contributed by atoms with Gasteiger partial charge in [0.2, 0.25) is 0 Å². The van der Waals surface area contributed by atoms with Gasteiger partial charge in [-0.1, -0.05) is 6.07 Å². The number of ether oxygens (including phenoxy) is 1. The first-order valence-corrected chi connectivity index (χ1v) is 8.09. The molecule has 0 aliphatic heterocycles. The molecule has 6 heteroatoms. The van der Waals surface area contributed by atoms with E-state index in [9.17, 15) is 8.78 Å². The fourth-order valence-corrected chi connectivity index (χ4v) is 2.15. The number of guanidine groups is 1. The molecule has 4 nitrogen and oxygen atoms in total. The van der Waals surface area contributed by atoms with Crippen molar-refractivity contribution >= 4 is 5.96 Å². The van der Waals surface area contributed by atoms with Gasteiger partial charge in [0.15, 0.2) is 17.5 Å². The summed E-state index contributed by atoms with van der Waals surface area (Å²) in [5, 5.41) is 6.17. The van der Waals surface area contributed by atoms with Crippen molar-refractivity contribution in [2.75, 3.05) is 26.9 Å². The maximum Gasteiger partial charge on any atom is 0.191 e. The fourth-order valence-electron chi connectivity index (χ4n) is 2.15. The van der Waals surface area contributed by atoms with Crippen LogP contribution in [0.3, 0.4) is 0 Å². The Morgan fingerprint density at radius 2 is 2.22 bits per heavy atom.